The number of aliphatic hydroxyl groups is 1. The number of aryl methyl sites for hydroxylation is 2. The van der Waals surface area contributed by atoms with Crippen molar-refractivity contribution in [2.24, 2.45) is 0 Å². The molecule has 0 aliphatic carbocycles. The van der Waals surface area contributed by atoms with Gasteiger partial charge in [0.05, 0.1) is 12.3 Å². The van der Waals surface area contributed by atoms with E-state index in [0.717, 1.165) is 29.9 Å². The first kappa shape index (κ1) is 17.4. The number of carbonyl (C=O) groups is 1. The molecule has 1 aliphatic heterocycles. The van der Waals surface area contributed by atoms with Gasteiger partial charge in [-0.3, -0.25) is 4.90 Å². The van der Waals surface area contributed by atoms with Crippen molar-refractivity contribution in [3.63, 3.8) is 0 Å². The van der Waals surface area contributed by atoms with Gasteiger partial charge in [0.15, 0.2) is 5.82 Å². The number of aromatic nitrogens is 3. The molecule has 0 amide bonds. The van der Waals surface area contributed by atoms with E-state index in [0.29, 0.717) is 25.5 Å². The number of piperazine rings is 1. The van der Waals surface area contributed by atoms with Crippen molar-refractivity contribution in [3.05, 3.63) is 35.0 Å². The van der Waals surface area contributed by atoms with E-state index < -0.39 is 5.97 Å². The fourth-order valence-electron chi connectivity index (χ4n) is 3.11. The van der Waals surface area contributed by atoms with Crippen LogP contribution in [0.2, 0.25) is 0 Å². The normalized spacial score (nSPS) is 15.6. The third-order valence-corrected chi connectivity index (χ3v) is 4.45. The maximum atomic E-state index is 11.6. The van der Waals surface area contributed by atoms with Gasteiger partial charge in [-0.05, 0) is 25.5 Å². The van der Waals surface area contributed by atoms with Crippen molar-refractivity contribution in [1.29, 1.82) is 0 Å². The van der Waals surface area contributed by atoms with E-state index in [-0.39, 0.29) is 12.3 Å². The smallest absolute Gasteiger partial charge is 0.360 e. The van der Waals surface area contributed by atoms with Crippen molar-refractivity contribution in [2.75, 3.05) is 44.2 Å². The van der Waals surface area contributed by atoms with Crippen LogP contribution in [0.15, 0.2) is 18.2 Å². The summed E-state index contributed by atoms with van der Waals surface area (Å²) in [6.07, 6.45) is 0. The van der Waals surface area contributed by atoms with Crippen LogP contribution in [-0.4, -0.2) is 75.4 Å². The Bertz CT molecular complexity index is 766. The van der Waals surface area contributed by atoms with Gasteiger partial charge in [0.2, 0.25) is 5.69 Å². The molecular weight excluding hydrogens is 322 g/mol. The molecule has 0 atom stereocenters. The predicted molar refractivity (Wildman–Crippen MR) is 93.5 cm³/mol. The topological polar surface area (TPSA) is 94.7 Å². The van der Waals surface area contributed by atoms with Crippen LogP contribution in [0.4, 0.5) is 5.82 Å². The molecule has 3 rings (SSSR count). The van der Waals surface area contributed by atoms with Crippen molar-refractivity contribution < 1.29 is 15.0 Å². The van der Waals surface area contributed by atoms with E-state index in [1.165, 1.54) is 4.80 Å². The van der Waals surface area contributed by atoms with Gasteiger partial charge < -0.3 is 15.1 Å². The molecule has 2 N–H and O–H groups in total. The predicted octanol–water partition coefficient (Wildman–Crippen LogP) is 0.697. The zero-order chi connectivity index (χ0) is 18.0. The first-order valence-corrected chi connectivity index (χ1v) is 8.36. The maximum Gasteiger partial charge on any atom is 0.360 e. The van der Waals surface area contributed by atoms with Crippen LogP contribution in [0.1, 0.15) is 21.6 Å². The van der Waals surface area contributed by atoms with Crippen molar-refractivity contribution >= 4 is 11.8 Å². The first-order chi connectivity index (χ1) is 12.0. The lowest BCUT2D eigenvalue weighted by Gasteiger charge is -2.34. The van der Waals surface area contributed by atoms with Crippen molar-refractivity contribution in [2.45, 2.75) is 13.8 Å². The summed E-state index contributed by atoms with van der Waals surface area (Å²) in [6.45, 7) is 7.56. The average Bonchev–Trinajstić information content (AvgIpc) is 3.01. The van der Waals surface area contributed by atoms with Crippen molar-refractivity contribution in [3.8, 4) is 5.69 Å². The van der Waals surface area contributed by atoms with Gasteiger partial charge in [-0.1, -0.05) is 17.7 Å². The summed E-state index contributed by atoms with van der Waals surface area (Å²) in [5.41, 5.74) is 2.87. The number of rotatable bonds is 5. The number of β-amino-alcohol motifs (C(OH)–C–C–N with tert-alkyl or cyclic N) is 1. The molecule has 1 saturated heterocycles. The molecule has 1 fully saturated rings. The highest BCUT2D eigenvalue weighted by Gasteiger charge is 2.26. The Labute approximate surface area is 146 Å². The average molecular weight is 345 g/mol. The van der Waals surface area contributed by atoms with Gasteiger partial charge in [0.1, 0.15) is 0 Å². The second-order valence-electron chi connectivity index (χ2n) is 6.31. The van der Waals surface area contributed by atoms with E-state index in [1.54, 1.807) is 0 Å². The summed E-state index contributed by atoms with van der Waals surface area (Å²) in [4.78, 5) is 17.1. The summed E-state index contributed by atoms with van der Waals surface area (Å²) < 4.78 is 0. The number of aliphatic hydroxyl groups excluding tert-OH is 1. The summed E-state index contributed by atoms with van der Waals surface area (Å²) in [5, 5.41) is 27.2. The Balaban J connectivity index is 1.89. The van der Waals surface area contributed by atoms with E-state index >= 15 is 0 Å². The minimum Gasteiger partial charge on any atom is -0.476 e. The van der Waals surface area contributed by atoms with Crippen LogP contribution < -0.4 is 4.90 Å². The molecule has 2 heterocycles. The monoisotopic (exact) mass is 345 g/mol. The minimum atomic E-state index is -1.08. The molecular formula is C17H23N5O3. The second kappa shape index (κ2) is 7.20. The zero-order valence-corrected chi connectivity index (χ0v) is 14.5. The first-order valence-electron chi connectivity index (χ1n) is 8.36. The van der Waals surface area contributed by atoms with Gasteiger partial charge in [-0.2, -0.15) is 0 Å². The van der Waals surface area contributed by atoms with E-state index in [4.69, 9.17) is 5.11 Å². The molecule has 25 heavy (non-hydrogen) atoms. The number of hydrogen-bond acceptors (Lipinski definition) is 6. The molecule has 0 spiro atoms. The molecule has 0 unspecified atom stereocenters. The van der Waals surface area contributed by atoms with Crippen LogP contribution in [-0.2, 0) is 0 Å². The quantitative estimate of drug-likeness (QED) is 0.823. The SMILES string of the molecule is Cc1ccc(-n2nc(C(=O)O)c(N3CCN(CCO)CC3)n2)c(C)c1. The highest BCUT2D eigenvalue weighted by molar-refractivity contribution is 5.91. The maximum absolute atomic E-state index is 11.6. The molecule has 1 aromatic heterocycles. The summed E-state index contributed by atoms with van der Waals surface area (Å²) >= 11 is 0. The third-order valence-electron chi connectivity index (χ3n) is 4.45. The van der Waals surface area contributed by atoms with E-state index in [2.05, 4.69) is 15.1 Å². The number of carboxylic acid groups (broad SMARTS) is 1. The largest absolute Gasteiger partial charge is 0.476 e. The molecule has 1 aliphatic rings. The Morgan fingerprint density at radius 3 is 2.48 bits per heavy atom. The molecule has 134 valence electrons. The Morgan fingerprint density at radius 1 is 1.16 bits per heavy atom. The van der Waals surface area contributed by atoms with E-state index in [9.17, 15) is 9.90 Å². The zero-order valence-electron chi connectivity index (χ0n) is 14.5. The minimum absolute atomic E-state index is 0.0319. The Morgan fingerprint density at radius 2 is 1.88 bits per heavy atom. The fourth-order valence-corrected chi connectivity index (χ4v) is 3.11. The van der Waals surface area contributed by atoms with Crippen LogP contribution in [0.5, 0.6) is 0 Å². The van der Waals surface area contributed by atoms with Crippen LogP contribution >= 0.6 is 0 Å². The number of hydrogen-bond donors (Lipinski definition) is 2. The lowest BCUT2D eigenvalue weighted by atomic mass is 10.1. The molecule has 0 radical (unpaired) electrons. The molecule has 1 aromatic carbocycles. The lowest BCUT2D eigenvalue weighted by molar-refractivity contribution is 0.0690. The fraction of sp³-hybridized carbons (Fsp3) is 0.471. The highest BCUT2D eigenvalue weighted by Crippen LogP contribution is 2.21. The molecule has 8 nitrogen and oxygen atoms in total. The second-order valence-corrected chi connectivity index (χ2v) is 6.31. The molecule has 0 bridgehead atoms. The molecule has 0 saturated carbocycles. The van der Waals surface area contributed by atoms with Gasteiger partial charge >= 0.3 is 5.97 Å². The van der Waals surface area contributed by atoms with Gasteiger partial charge in [0, 0.05) is 32.7 Å². The van der Waals surface area contributed by atoms with Gasteiger partial charge in [-0.25, -0.2) is 4.79 Å². The van der Waals surface area contributed by atoms with Crippen LogP contribution in [0.3, 0.4) is 0 Å². The van der Waals surface area contributed by atoms with Crippen LogP contribution in [0, 0.1) is 13.8 Å². The number of benzene rings is 1. The van der Waals surface area contributed by atoms with Crippen LogP contribution in [0.25, 0.3) is 5.69 Å². The Hall–Kier alpha value is -2.45. The molecule has 8 heteroatoms. The lowest BCUT2D eigenvalue weighted by Crippen LogP contribution is -2.47. The highest BCUT2D eigenvalue weighted by atomic mass is 16.4. The van der Waals surface area contributed by atoms with Gasteiger partial charge in [-0.15, -0.1) is 15.0 Å². The number of anilines is 1. The summed E-state index contributed by atoms with van der Waals surface area (Å²) in [5.74, 6) is -0.681. The third kappa shape index (κ3) is 3.64. The standard InChI is InChI=1S/C17H23N5O3/c1-12-3-4-14(13(2)11-12)22-18-15(17(24)25)16(19-22)21-7-5-20(6-8-21)9-10-23/h3-4,11,23H,5-10H2,1-2H3,(H,24,25). The van der Waals surface area contributed by atoms with E-state index in [1.807, 2.05) is 36.9 Å². The summed E-state index contributed by atoms with van der Waals surface area (Å²) in [7, 11) is 0. The number of carboxylic acids is 1. The Kier molecular flexibility index (Phi) is 5.00. The number of aromatic carboxylic acids is 1. The number of nitrogens with zero attached hydrogens (tertiary/aromatic N) is 5. The molecule has 2 aromatic rings. The summed E-state index contributed by atoms with van der Waals surface area (Å²) in [6, 6.07) is 5.88. The van der Waals surface area contributed by atoms with Crippen molar-refractivity contribution in [1.82, 2.24) is 19.9 Å². The van der Waals surface area contributed by atoms with Gasteiger partial charge in [0.25, 0.3) is 0 Å².